The van der Waals surface area contributed by atoms with E-state index < -0.39 is 0 Å². The van der Waals surface area contributed by atoms with Crippen molar-refractivity contribution in [2.24, 2.45) is 0 Å². The second-order valence-electron chi connectivity index (χ2n) is 3.21. The molecule has 4 nitrogen and oxygen atoms in total. The van der Waals surface area contributed by atoms with Crippen LogP contribution in [-0.2, 0) is 22.6 Å². The minimum atomic E-state index is -0.188. The first-order valence-electron chi connectivity index (χ1n) is 5.28. The van der Waals surface area contributed by atoms with Crippen molar-refractivity contribution in [3.63, 3.8) is 0 Å². The van der Waals surface area contributed by atoms with Crippen LogP contribution in [0.15, 0.2) is 18.3 Å². The number of rotatable bonds is 6. The molecule has 1 heterocycles. The molecule has 0 spiro atoms. The Bertz CT molecular complexity index is 307. The largest absolute Gasteiger partial charge is 0.465 e. The normalized spacial score (nSPS) is 10.3. The monoisotopic (exact) mass is 210 g/mol. The summed E-state index contributed by atoms with van der Waals surface area (Å²) in [6, 6.07) is 3.94. The molecule has 0 radical (unpaired) electrons. The number of aromatic nitrogens is 1. The molecule has 0 unspecified atom stereocenters. The zero-order valence-corrected chi connectivity index (χ0v) is 9.32. The van der Waals surface area contributed by atoms with Gasteiger partial charge in [-0.25, -0.2) is 0 Å². The number of carbonyl (C=O) groups is 1. The Morgan fingerprint density at radius 3 is 3.00 bits per heavy atom. The van der Waals surface area contributed by atoms with E-state index >= 15 is 0 Å². The maximum atomic E-state index is 11.3. The zero-order chi connectivity index (χ0) is 11.1. The molecular weight excluding hydrogens is 192 g/mol. The summed E-state index contributed by atoms with van der Waals surface area (Å²) in [7, 11) is 0. The van der Waals surface area contributed by atoms with Gasteiger partial charge in [0.1, 0.15) is 6.54 Å². The van der Waals surface area contributed by atoms with Crippen molar-refractivity contribution in [3.8, 4) is 0 Å². The lowest BCUT2D eigenvalue weighted by Gasteiger charge is -2.08. The van der Waals surface area contributed by atoms with Gasteiger partial charge in [0.15, 0.2) is 0 Å². The molecule has 0 saturated carbocycles. The maximum Gasteiger partial charge on any atom is 0.325 e. The third-order valence-corrected chi connectivity index (χ3v) is 2.08. The predicted molar refractivity (Wildman–Crippen MR) is 58.4 cm³/mol. The number of nitrogens with one attached hydrogen (secondary N) is 1. The molecule has 15 heavy (non-hydrogen) atoms. The summed E-state index contributed by atoms with van der Waals surface area (Å²) in [5.74, 6) is -0.188. The van der Waals surface area contributed by atoms with E-state index in [2.05, 4.69) is 12.2 Å². The van der Waals surface area contributed by atoms with E-state index in [-0.39, 0.29) is 5.97 Å². The minimum absolute atomic E-state index is 0.188. The van der Waals surface area contributed by atoms with Crippen LogP contribution in [0.1, 0.15) is 19.5 Å². The number of esters is 1. The molecule has 1 aromatic heterocycles. The van der Waals surface area contributed by atoms with Crippen molar-refractivity contribution in [1.29, 1.82) is 0 Å². The first kappa shape index (κ1) is 11.8. The molecule has 0 aromatic carbocycles. The Labute approximate surface area is 90.2 Å². The van der Waals surface area contributed by atoms with Crippen LogP contribution in [-0.4, -0.2) is 23.7 Å². The lowest BCUT2D eigenvalue weighted by atomic mass is 10.4. The molecule has 0 amide bonds. The van der Waals surface area contributed by atoms with Crippen LogP contribution in [0.3, 0.4) is 0 Å². The standard InChI is InChI=1S/C11H18N2O2/c1-3-12-8-10-6-5-7-13(10)9-11(14)15-4-2/h5-7,12H,3-4,8-9H2,1-2H3. The van der Waals surface area contributed by atoms with Gasteiger partial charge in [0, 0.05) is 18.4 Å². The molecule has 0 aliphatic rings. The smallest absolute Gasteiger partial charge is 0.325 e. The predicted octanol–water partition coefficient (Wildman–Crippen LogP) is 1.16. The van der Waals surface area contributed by atoms with Gasteiger partial charge in [-0.2, -0.15) is 0 Å². The molecule has 0 aliphatic carbocycles. The zero-order valence-electron chi connectivity index (χ0n) is 9.32. The highest BCUT2D eigenvalue weighted by Gasteiger charge is 2.06. The minimum Gasteiger partial charge on any atom is -0.465 e. The van der Waals surface area contributed by atoms with Gasteiger partial charge in [-0.3, -0.25) is 4.79 Å². The molecular formula is C11H18N2O2. The third kappa shape index (κ3) is 3.75. The fourth-order valence-corrected chi connectivity index (χ4v) is 1.36. The molecule has 0 fully saturated rings. The summed E-state index contributed by atoms with van der Waals surface area (Å²) < 4.78 is 6.80. The number of nitrogens with zero attached hydrogens (tertiary/aromatic N) is 1. The second kappa shape index (κ2) is 6.24. The van der Waals surface area contributed by atoms with E-state index in [4.69, 9.17) is 4.74 Å². The van der Waals surface area contributed by atoms with Gasteiger partial charge < -0.3 is 14.6 Å². The first-order chi connectivity index (χ1) is 7.27. The van der Waals surface area contributed by atoms with Gasteiger partial charge in [0.25, 0.3) is 0 Å². The Balaban J connectivity index is 2.52. The third-order valence-electron chi connectivity index (χ3n) is 2.08. The molecule has 0 saturated heterocycles. The number of ether oxygens (including phenoxy) is 1. The molecule has 1 aromatic rings. The average molecular weight is 210 g/mol. The van der Waals surface area contributed by atoms with Gasteiger partial charge >= 0.3 is 5.97 Å². The summed E-state index contributed by atoms with van der Waals surface area (Å²) >= 11 is 0. The van der Waals surface area contributed by atoms with Crippen molar-refractivity contribution in [3.05, 3.63) is 24.0 Å². The quantitative estimate of drug-likeness (QED) is 0.716. The Kier molecular flexibility index (Phi) is 4.90. The van der Waals surface area contributed by atoms with Crippen molar-refractivity contribution in [2.45, 2.75) is 26.9 Å². The fraction of sp³-hybridized carbons (Fsp3) is 0.545. The van der Waals surface area contributed by atoms with Crippen LogP contribution >= 0.6 is 0 Å². The summed E-state index contributed by atoms with van der Waals surface area (Å²) in [6.45, 7) is 6.30. The van der Waals surface area contributed by atoms with Crippen LogP contribution in [0.5, 0.6) is 0 Å². The highest BCUT2D eigenvalue weighted by atomic mass is 16.5. The summed E-state index contributed by atoms with van der Waals surface area (Å²) in [5.41, 5.74) is 1.10. The maximum absolute atomic E-state index is 11.3. The van der Waals surface area contributed by atoms with Gasteiger partial charge in [-0.15, -0.1) is 0 Å². The van der Waals surface area contributed by atoms with Gasteiger partial charge in [-0.1, -0.05) is 6.92 Å². The molecule has 1 N–H and O–H groups in total. The lowest BCUT2D eigenvalue weighted by Crippen LogP contribution is -2.19. The van der Waals surface area contributed by atoms with E-state index in [0.29, 0.717) is 13.2 Å². The molecule has 0 aliphatic heterocycles. The lowest BCUT2D eigenvalue weighted by molar-refractivity contribution is -0.143. The van der Waals surface area contributed by atoms with Gasteiger partial charge in [0.05, 0.1) is 6.61 Å². The van der Waals surface area contributed by atoms with E-state index in [1.807, 2.05) is 29.8 Å². The van der Waals surface area contributed by atoms with Crippen LogP contribution in [0.4, 0.5) is 0 Å². The fourth-order valence-electron chi connectivity index (χ4n) is 1.36. The summed E-state index contributed by atoms with van der Waals surface area (Å²) in [6.07, 6.45) is 1.89. The van der Waals surface area contributed by atoms with Crippen LogP contribution < -0.4 is 5.32 Å². The Hall–Kier alpha value is -1.29. The molecule has 84 valence electrons. The molecule has 0 bridgehead atoms. The topological polar surface area (TPSA) is 43.3 Å². The van der Waals surface area contributed by atoms with Crippen molar-refractivity contribution in [1.82, 2.24) is 9.88 Å². The summed E-state index contributed by atoms with van der Waals surface area (Å²) in [5, 5.41) is 3.22. The van der Waals surface area contributed by atoms with Crippen LogP contribution in [0, 0.1) is 0 Å². The number of hydrogen-bond acceptors (Lipinski definition) is 3. The van der Waals surface area contributed by atoms with Crippen molar-refractivity contribution in [2.75, 3.05) is 13.2 Å². The van der Waals surface area contributed by atoms with E-state index in [1.165, 1.54) is 0 Å². The second-order valence-corrected chi connectivity index (χ2v) is 3.21. The highest BCUT2D eigenvalue weighted by molar-refractivity contribution is 5.69. The SMILES string of the molecule is CCNCc1cccn1CC(=O)OCC. The van der Waals surface area contributed by atoms with Gasteiger partial charge in [-0.05, 0) is 25.6 Å². The number of carbonyl (C=O) groups excluding carboxylic acids is 1. The molecule has 4 heteroatoms. The van der Waals surface area contributed by atoms with E-state index in [9.17, 15) is 4.79 Å². The van der Waals surface area contributed by atoms with Crippen LogP contribution in [0.2, 0.25) is 0 Å². The highest BCUT2D eigenvalue weighted by Crippen LogP contribution is 2.02. The Morgan fingerprint density at radius 2 is 2.33 bits per heavy atom. The van der Waals surface area contributed by atoms with Crippen molar-refractivity contribution < 1.29 is 9.53 Å². The average Bonchev–Trinajstić information content (AvgIpc) is 2.63. The van der Waals surface area contributed by atoms with Crippen molar-refractivity contribution >= 4 is 5.97 Å². The first-order valence-corrected chi connectivity index (χ1v) is 5.28. The molecule has 0 atom stereocenters. The van der Waals surface area contributed by atoms with Crippen LogP contribution in [0.25, 0.3) is 0 Å². The van der Waals surface area contributed by atoms with E-state index in [0.717, 1.165) is 18.8 Å². The Morgan fingerprint density at radius 1 is 1.53 bits per heavy atom. The molecule has 1 rings (SSSR count). The van der Waals surface area contributed by atoms with Gasteiger partial charge in [0.2, 0.25) is 0 Å². The summed E-state index contributed by atoms with van der Waals surface area (Å²) in [4.78, 5) is 11.3. The van der Waals surface area contributed by atoms with E-state index in [1.54, 1.807) is 0 Å². The number of hydrogen-bond donors (Lipinski definition) is 1.